The number of ether oxygens (including phenoxy) is 2. The van der Waals surface area contributed by atoms with Crippen molar-refractivity contribution in [1.82, 2.24) is 4.90 Å². The molecule has 0 spiro atoms. The number of ketones is 1. The lowest BCUT2D eigenvalue weighted by Crippen LogP contribution is -2.47. The van der Waals surface area contributed by atoms with Gasteiger partial charge in [0.15, 0.2) is 5.78 Å². The number of hydrogen-bond donors (Lipinski definition) is 0. The Labute approximate surface area is 129 Å². The zero-order valence-electron chi connectivity index (χ0n) is 12.5. The minimum Gasteiger partial charge on any atom is -0.465 e. The van der Waals surface area contributed by atoms with Crippen LogP contribution in [0.15, 0.2) is 30.3 Å². The van der Waals surface area contributed by atoms with Gasteiger partial charge in [0.25, 0.3) is 0 Å². The smallest absolute Gasteiger partial charge is 0.410 e. The summed E-state index contributed by atoms with van der Waals surface area (Å²) in [6.07, 6.45) is -0.380. The lowest BCUT2D eigenvalue weighted by Gasteiger charge is -2.29. The molecule has 2 rings (SSSR count). The summed E-state index contributed by atoms with van der Waals surface area (Å²) in [4.78, 5) is 36.9. The fourth-order valence-corrected chi connectivity index (χ4v) is 2.26. The van der Waals surface area contributed by atoms with Crippen molar-refractivity contribution >= 4 is 17.8 Å². The monoisotopic (exact) mass is 305 g/mol. The minimum atomic E-state index is -0.905. The van der Waals surface area contributed by atoms with Gasteiger partial charge in [0, 0.05) is 19.5 Å². The lowest BCUT2D eigenvalue weighted by molar-refractivity contribution is -0.153. The van der Waals surface area contributed by atoms with Crippen molar-refractivity contribution in [3.8, 4) is 0 Å². The first-order valence-corrected chi connectivity index (χ1v) is 7.26. The molecule has 1 unspecified atom stereocenters. The first-order chi connectivity index (χ1) is 10.6. The van der Waals surface area contributed by atoms with Crippen molar-refractivity contribution in [3.05, 3.63) is 35.9 Å². The van der Waals surface area contributed by atoms with Crippen LogP contribution in [0.25, 0.3) is 0 Å². The van der Waals surface area contributed by atoms with Crippen LogP contribution in [-0.2, 0) is 25.7 Å². The first kappa shape index (κ1) is 16.0. The van der Waals surface area contributed by atoms with E-state index in [4.69, 9.17) is 9.47 Å². The molecular formula is C16H19NO5. The number of Topliss-reactive ketones (excluding diaryl/α,β-unsaturated/α-hetero) is 1. The number of hydrogen-bond acceptors (Lipinski definition) is 5. The maximum absolute atomic E-state index is 12.0. The van der Waals surface area contributed by atoms with Crippen molar-refractivity contribution < 1.29 is 23.9 Å². The highest BCUT2D eigenvalue weighted by atomic mass is 16.6. The van der Waals surface area contributed by atoms with Gasteiger partial charge in [0.05, 0.1) is 6.61 Å². The predicted octanol–water partition coefficient (Wildman–Crippen LogP) is 1.78. The molecule has 0 N–H and O–H groups in total. The third kappa shape index (κ3) is 4.07. The van der Waals surface area contributed by atoms with E-state index in [1.54, 1.807) is 6.92 Å². The normalized spacial score (nSPS) is 18.0. The molecule has 0 aliphatic carbocycles. The summed E-state index contributed by atoms with van der Waals surface area (Å²) < 4.78 is 10.1. The van der Waals surface area contributed by atoms with E-state index in [0.717, 1.165) is 5.56 Å². The lowest BCUT2D eigenvalue weighted by atomic mass is 9.97. The SMILES string of the molecule is CCOC(=O)C1CN(C(=O)OCc2ccccc2)CCC1=O. The summed E-state index contributed by atoms with van der Waals surface area (Å²) in [5.41, 5.74) is 0.880. The molecule has 1 amide bonds. The Morgan fingerprint density at radius 2 is 1.95 bits per heavy atom. The fourth-order valence-electron chi connectivity index (χ4n) is 2.26. The number of amides is 1. The average molecular weight is 305 g/mol. The number of likely N-dealkylation sites (tertiary alicyclic amines) is 1. The number of nitrogens with zero attached hydrogens (tertiary/aromatic N) is 1. The van der Waals surface area contributed by atoms with Gasteiger partial charge in [0.2, 0.25) is 0 Å². The average Bonchev–Trinajstić information content (AvgIpc) is 2.54. The molecule has 1 heterocycles. The van der Waals surface area contributed by atoms with Gasteiger partial charge >= 0.3 is 12.1 Å². The van der Waals surface area contributed by atoms with Crippen molar-refractivity contribution in [3.63, 3.8) is 0 Å². The van der Waals surface area contributed by atoms with E-state index in [2.05, 4.69) is 0 Å². The Kier molecular flexibility index (Phi) is 5.52. The predicted molar refractivity (Wildman–Crippen MR) is 77.9 cm³/mol. The van der Waals surface area contributed by atoms with Gasteiger partial charge < -0.3 is 14.4 Å². The Bertz CT molecular complexity index is 543. The van der Waals surface area contributed by atoms with Crippen LogP contribution < -0.4 is 0 Å². The van der Waals surface area contributed by atoms with Crippen LogP contribution in [0.4, 0.5) is 4.79 Å². The van der Waals surface area contributed by atoms with E-state index in [1.165, 1.54) is 4.90 Å². The van der Waals surface area contributed by atoms with Crippen LogP contribution >= 0.6 is 0 Å². The van der Waals surface area contributed by atoms with Crippen molar-refractivity contribution in [1.29, 1.82) is 0 Å². The van der Waals surface area contributed by atoms with Gasteiger partial charge in [-0.3, -0.25) is 9.59 Å². The van der Waals surface area contributed by atoms with Crippen LogP contribution in [0.3, 0.4) is 0 Å². The van der Waals surface area contributed by atoms with Crippen molar-refractivity contribution in [2.75, 3.05) is 19.7 Å². The second-order valence-corrected chi connectivity index (χ2v) is 5.01. The summed E-state index contributed by atoms with van der Waals surface area (Å²) in [6, 6.07) is 9.31. The summed E-state index contributed by atoms with van der Waals surface area (Å²) in [5, 5.41) is 0. The molecule has 1 aliphatic heterocycles. The second-order valence-electron chi connectivity index (χ2n) is 5.01. The highest BCUT2D eigenvalue weighted by Crippen LogP contribution is 2.16. The second kappa shape index (κ2) is 7.59. The van der Waals surface area contributed by atoms with E-state index in [-0.39, 0.29) is 38.5 Å². The third-order valence-electron chi connectivity index (χ3n) is 3.45. The van der Waals surface area contributed by atoms with Crippen LogP contribution in [0, 0.1) is 5.92 Å². The van der Waals surface area contributed by atoms with Gasteiger partial charge in [-0.1, -0.05) is 30.3 Å². The zero-order valence-corrected chi connectivity index (χ0v) is 12.5. The number of carbonyl (C=O) groups excluding carboxylic acids is 3. The fraction of sp³-hybridized carbons (Fsp3) is 0.438. The van der Waals surface area contributed by atoms with Crippen molar-refractivity contribution in [2.24, 2.45) is 5.92 Å². The van der Waals surface area contributed by atoms with E-state index >= 15 is 0 Å². The Balaban J connectivity index is 1.90. The summed E-state index contributed by atoms with van der Waals surface area (Å²) in [7, 11) is 0. The Morgan fingerprint density at radius 3 is 2.64 bits per heavy atom. The highest BCUT2D eigenvalue weighted by Gasteiger charge is 2.36. The van der Waals surface area contributed by atoms with Crippen LogP contribution in [0.5, 0.6) is 0 Å². The molecule has 1 atom stereocenters. The van der Waals surface area contributed by atoms with Gasteiger partial charge in [0.1, 0.15) is 12.5 Å². The third-order valence-corrected chi connectivity index (χ3v) is 3.45. The van der Waals surface area contributed by atoms with E-state index < -0.39 is 18.0 Å². The number of rotatable bonds is 4. The van der Waals surface area contributed by atoms with Crippen LogP contribution in [0.2, 0.25) is 0 Å². The topological polar surface area (TPSA) is 72.9 Å². The molecule has 1 saturated heterocycles. The molecule has 1 aromatic carbocycles. The molecule has 118 valence electrons. The molecule has 6 heteroatoms. The summed E-state index contributed by atoms with van der Waals surface area (Å²) >= 11 is 0. The zero-order chi connectivity index (χ0) is 15.9. The molecule has 0 aromatic heterocycles. The minimum absolute atomic E-state index is 0.0191. The van der Waals surface area contributed by atoms with Gasteiger partial charge in [-0.25, -0.2) is 4.79 Å². The van der Waals surface area contributed by atoms with Crippen LogP contribution in [0.1, 0.15) is 18.9 Å². The Morgan fingerprint density at radius 1 is 1.23 bits per heavy atom. The van der Waals surface area contributed by atoms with Gasteiger partial charge in [-0.2, -0.15) is 0 Å². The summed E-state index contributed by atoms with van der Waals surface area (Å²) in [6.45, 7) is 2.33. The van der Waals surface area contributed by atoms with E-state index in [1.807, 2.05) is 30.3 Å². The van der Waals surface area contributed by atoms with Crippen LogP contribution in [-0.4, -0.2) is 42.4 Å². The highest BCUT2D eigenvalue weighted by molar-refractivity contribution is 6.00. The number of esters is 1. The number of benzene rings is 1. The van der Waals surface area contributed by atoms with Gasteiger partial charge in [-0.15, -0.1) is 0 Å². The molecule has 0 radical (unpaired) electrons. The first-order valence-electron chi connectivity index (χ1n) is 7.26. The standard InChI is InChI=1S/C16H19NO5/c1-2-21-15(19)13-10-17(9-8-14(13)18)16(20)22-11-12-6-4-3-5-7-12/h3-7,13H,2,8-11H2,1H3. The number of piperidine rings is 1. The Hall–Kier alpha value is -2.37. The molecule has 0 saturated carbocycles. The molecule has 1 aliphatic rings. The quantitative estimate of drug-likeness (QED) is 0.626. The largest absolute Gasteiger partial charge is 0.465 e. The van der Waals surface area contributed by atoms with E-state index in [0.29, 0.717) is 0 Å². The molecule has 1 fully saturated rings. The van der Waals surface area contributed by atoms with Gasteiger partial charge in [-0.05, 0) is 12.5 Å². The molecule has 0 bridgehead atoms. The number of carbonyl (C=O) groups is 3. The summed E-state index contributed by atoms with van der Waals surface area (Å²) in [5.74, 6) is -1.67. The van der Waals surface area contributed by atoms with E-state index in [9.17, 15) is 14.4 Å². The molecule has 6 nitrogen and oxygen atoms in total. The van der Waals surface area contributed by atoms with Crippen molar-refractivity contribution in [2.45, 2.75) is 20.0 Å². The maximum atomic E-state index is 12.0. The molecule has 1 aromatic rings. The maximum Gasteiger partial charge on any atom is 0.410 e. The molecular weight excluding hydrogens is 286 g/mol. The molecule has 22 heavy (non-hydrogen) atoms.